The molecule has 0 bridgehead atoms. The molecular weight excluding hydrogens is 282 g/mol. The van der Waals surface area contributed by atoms with Crippen molar-refractivity contribution in [2.75, 3.05) is 6.61 Å². The largest absolute Gasteiger partial charge is 0.395 e. The van der Waals surface area contributed by atoms with Crippen LogP contribution in [0.2, 0.25) is 0 Å². The summed E-state index contributed by atoms with van der Waals surface area (Å²) in [6, 6.07) is 1.90. The molecule has 21 heavy (non-hydrogen) atoms. The number of thiophene rings is 1. The predicted octanol–water partition coefficient (Wildman–Crippen LogP) is 3.49. The zero-order valence-corrected chi connectivity index (χ0v) is 14.2. The Bertz CT molecular complexity index is 524. The summed E-state index contributed by atoms with van der Waals surface area (Å²) in [6.45, 7) is 8.36. The molecule has 0 saturated heterocycles. The molecule has 0 unspecified atom stereocenters. The monoisotopic (exact) mass is 307 g/mol. The van der Waals surface area contributed by atoms with Gasteiger partial charge in [0.2, 0.25) is 0 Å². The maximum atomic E-state index is 12.4. The summed E-state index contributed by atoms with van der Waals surface area (Å²) in [4.78, 5) is 14.1. The van der Waals surface area contributed by atoms with E-state index in [4.69, 9.17) is 5.11 Å². The van der Waals surface area contributed by atoms with Crippen molar-refractivity contribution in [3.8, 4) is 11.8 Å². The van der Waals surface area contributed by atoms with Gasteiger partial charge in [-0.1, -0.05) is 32.6 Å². The van der Waals surface area contributed by atoms with Crippen LogP contribution in [0.3, 0.4) is 0 Å². The third kappa shape index (κ3) is 4.59. The van der Waals surface area contributed by atoms with Crippen molar-refractivity contribution >= 4 is 17.2 Å². The Morgan fingerprint density at radius 3 is 2.48 bits per heavy atom. The molecular formula is C17H25NO2S. The molecule has 0 saturated carbocycles. The number of aryl methyl sites for hydroxylation is 1. The van der Waals surface area contributed by atoms with Crippen LogP contribution in [-0.2, 0) is 0 Å². The number of aliphatic hydroxyl groups excluding tert-OH is 1. The fourth-order valence-electron chi connectivity index (χ4n) is 2.23. The molecule has 0 radical (unpaired) electrons. The van der Waals surface area contributed by atoms with Gasteiger partial charge in [-0.15, -0.1) is 11.3 Å². The molecule has 2 N–H and O–H groups in total. The van der Waals surface area contributed by atoms with Crippen LogP contribution in [0.15, 0.2) is 6.07 Å². The van der Waals surface area contributed by atoms with Gasteiger partial charge in [-0.3, -0.25) is 4.79 Å². The van der Waals surface area contributed by atoms with Crippen molar-refractivity contribution in [1.82, 2.24) is 5.32 Å². The second-order valence-electron chi connectivity index (χ2n) is 5.19. The summed E-state index contributed by atoms with van der Waals surface area (Å²) in [5.74, 6) is 5.92. The van der Waals surface area contributed by atoms with E-state index in [0.717, 1.165) is 29.7 Å². The average molecular weight is 307 g/mol. The van der Waals surface area contributed by atoms with E-state index in [2.05, 4.69) is 37.9 Å². The van der Waals surface area contributed by atoms with E-state index in [9.17, 15) is 4.79 Å². The number of hydrogen-bond acceptors (Lipinski definition) is 3. The minimum absolute atomic E-state index is 0.0103. The quantitative estimate of drug-likeness (QED) is 0.790. The van der Waals surface area contributed by atoms with Crippen LogP contribution in [0, 0.1) is 18.8 Å². The fourth-order valence-corrected chi connectivity index (χ4v) is 3.18. The smallest absolute Gasteiger partial charge is 0.261 e. The summed E-state index contributed by atoms with van der Waals surface area (Å²) in [6.07, 6.45) is 3.25. The maximum Gasteiger partial charge on any atom is 0.261 e. The Hall–Kier alpha value is -1.31. The molecule has 1 heterocycles. The summed E-state index contributed by atoms with van der Waals surface area (Å²) >= 11 is 1.42. The van der Waals surface area contributed by atoms with E-state index in [1.54, 1.807) is 0 Å². The molecule has 0 aliphatic heterocycles. The van der Waals surface area contributed by atoms with Crippen LogP contribution in [0.1, 0.15) is 66.6 Å². The first-order valence-electron chi connectivity index (χ1n) is 7.54. The summed E-state index contributed by atoms with van der Waals surface area (Å²) in [7, 11) is 0. The van der Waals surface area contributed by atoms with Crippen LogP contribution >= 0.6 is 11.3 Å². The van der Waals surface area contributed by atoms with E-state index in [-0.39, 0.29) is 18.1 Å². The highest BCUT2D eigenvalue weighted by Crippen LogP contribution is 2.24. The van der Waals surface area contributed by atoms with Crippen LogP contribution in [0.5, 0.6) is 0 Å². The first kappa shape index (κ1) is 17.7. The van der Waals surface area contributed by atoms with Crippen LogP contribution in [0.25, 0.3) is 0 Å². The Morgan fingerprint density at radius 2 is 1.95 bits per heavy atom. The van der Waals surface area contributed by atoms with Crippen LogP contribution < -0.4 is 5.32 Å². The predicted molar refractivity (Wildman–Crippen MR) is 88.7 cm³/mol. The molecule has 1 aromatic heterocycles. The first-order chi connectivity index (χ1) is 10.0. The van der Waals surface area contributed by atoms with Gasteiger partial charge in [0, 0.05) is 12.0 Å². The topological polar surface area (TPSA) is 49.3 Å². The highest BCUT2D eigenvalue weighted by Gasteiger charge is 2.27. The van der Waals surface area contributed by atoms with Gasteiger partial charge < -0.3 is 10.4 Å². The molecule has 4 heteroatoms. The summed E-state index contributed by atoms with van der Waals surface area (Å²) in [5, 5.41) is 11.9. The lowest BCUT2D eigenvalue weighted by Gasteiger charge is -2.31. The number of carbonyl (C=O) groups excluding carboxylic acids is 1. The number of aliphatic hydroxyl groups is 1. The van der Waals surface area contributed by atoms with Gasteiger partial charge in [-0.25, -0.2) is 0 Å². The molecule has 0 aliphatic rings. The normalized spacial score (nSPS) is 10.9. The van der Waals surface area contributed by atoms with Gasteiger partial charge in [-0.05, 0) is 37.8 Å². The highest BCUT2D eigenvalue weighted by molar-refractivity contribution is 7.14. The number of carbonyl (C=O) groups is 1. The van der Waals surface area contributed by atoms with E-state index < -0.39 is 0 Å². The van der Waals surface area contributed by atoms with Gasteiger partial charge >= 0.3 is 0 Å². The molecule has 3 nitrogen and oxygen atoms in total. The fraction of sp³-hybridized carbons (Fsp3) is 0.588. The number of nitrogens with one attached hydrogen (secondary N) is 1. The van der Waals surface area contributed by atoms with Crippen molar-refractivity contribution in [3.63, 3.8) is 0 Å². The third-order valence-electron chi connectivity index (χ3n) is 3.99. The SMILES string of the molecule is CCC(CC)(CC)NC(=O)c1cc(C)c(C#CCCO)s1. The standard InChI is InChI=1S/C17H25NO2S/c1-5-17(6-2,7-3)18-16(20)15-12-13(4)14(21-15)10-8-9-11-19/h12,19H,5-7,9,11H2,1-4H3,(H,18,20). The number of amides is 1. The van der Waals surface area contributed by atoms with Crippen molar-refractivity contribution in [1.29, 1.82) is 0 Å². The summed E-state index contributed by atoms with van der Waals surface area (Å²) in [5.41, 5.74) is 0.906. The minimum atomic E-state index is -0.113. The van der Waals surface area contributed by atoms with Gasteiger partial charge in [0.25, 0.3) is 5.91 Å². The molecule has 0 fully saturated rings. The molecule has 1 rings (SSSR count). The Balaban J connectivity index is 2.90. The Kier molecular flexibility index (Phi) is 6.94. The molecule has 1 aromatic rings. The van der Waals surface area contributed by atoms with E-state index in [1.807, 2.05) is 13.0 Å². The first-order valence-corrected chi connectivity index (χ1v) is 8.36. The van der Waals surface area contributed by atoms with Gasteiger partial charge in [-0.2, -0.15) is 0 Å². The minimum Gasteiger partial charge on any atom is -0.395 e. The number of rotatable bonds is 6. The van der Waals surface area contributed by atoms with E-state index >= 15 is 0 Å². The summed E-state index contributed by atoms with van der Waals surface area (Å²) < 4.78 is 0. The Morgan fingerprint density at radius 1 is 1.33 bits per heavy atom. The van der Waals surface area contributed by atoms with Crippen molar-refractivity contribution in [2.45, 2.75) is 58.9 Å². The van der Waals surface area contributed by atoms with E-state index in [1.165, 1.54) is 11.3 Å². The molecule has 0 spiro atoms. The van der Waals surface area contributed by atoms with E-state index in [0.29, 0.717) is 11.3 Å². The maximum absolute atomic E-state index is 12.4. The second-order valence-corrected chi connectivity index (χ2v) is 6.25. The Labute approximate surface area is 131 Å². The van der Waals surface area contributed by atoms with Crippen LogP contribution in [-0.4, -0.2) is 23.2 Å². The molecule has 1 amide bonds. The highest BCUT2D eigenvalue weighted by atomic mass is 32.1. The van der Waals surface area contributed by atoms with Crippen molar-refractivity contribution in [2.24, 2.45) is 0 Å². The zero-order valence-electron chi connectivity index (χ0n) is 13.4. The molecule has 0 atom stereocenters. The lowest BCUT2D eigenvalue weighted by Crippen LogP contribution is -2.46. The zero-order chi connectivity index (χ0) is 15.9. The second kappa shape index (κ2) is 8.21. The molecule has 0 aliphatic carbocycles. The van der Waals surface area contributed by atoms with Crippen molar-refractivity contribution < 1.29 is 9.90 Å². The number of hydrogen-bond donors (Lipinski definition) is 2. The third-order valence-corrected chi connectivity index (χ3v) is 5.14. The lowest BCUT2D eigenvalue weighted by molar-refractivity contribution is 0.0892. The lowest BCUT2D eigenvalue weighted by atomic mass is 9.90. The average Bonchev–Trinajstić information content (AvgIpc) is 2.86. The van der Waals surface area contributed by atoms with Gasteiger partial charge in [0.15, 0.2) is 0 Å². The molecule has 0 aromatic carbocycles. The van der Waals surface area contributed by atoms with Gasteiger partial charge in [0.1, 0.15) is 0 Å². The molecule has 116 valence electrons. The van der Waals surface area contributed by atoms with Crippen LogP contribution in [0.4, 0.5) is 0 Å². The van der Waals surface area contributed by atoms with Crippen molar-refractivity contribution in [3.05, 3.63) is 21.4 Å². The van der Waals surface area contributed by atoms with Gasteiger partial charge in [0.05, 0.1) is 16.4 Å².